The van der Waals surface area contributed by atoms with E-state index in [0.717, 1.165) is 0 Å². The lowest BCUT2D eigenvalue weighted by atomic mass is 11.3. The average Bonchev–Trinajstić information content (AvgIpc) is 0.918. The lowest BCUT2D eigenvalue weighted by molar-refractivity contribution is 0.824. The summed E-state index contributed by atoms with van der Waals surface area (Å²) in [6.07, 6.45) is 0. The van der Waals surface area contributed by atoms with Crippen LogP contribution in [0.3, 0.4) is 0 Å². The predicted octanol–water partition coefficient (Wildman–Crippen LogP) is 0.700. The molecule has 1 nitrogen and oxygen atoms in total. The molecule has 0 aromatic carbocycles. The summed E-state index contributed by atoms with van der Waals surface area (Å²) in [5, 5.41) is 0. The molecule has 4 heavy (non-hydrogen) atoms. The van der Waals surface area contributed by atoms with Crippen LogP contribution >= 0.6 is 15.9 Å². The van der Waals surface area contributed by atoms with E-state index >= 15 is 0 Å². The second-order valence-corrected chi connectivity index (χ2v) is 0.802. The van der Waals surface area contributed by atoms with Crippen LogP contribution < -0.4 is 0 Å². The van der Waals surface area contributed by atoms with E-state index in [9.17, 15) is 0 Å². The molecule has 0 aromatic rings. The highest BCUT2D eigenvalue weighted by atomic mass is 79.9. The Balaban J connectivity index is 0. The molecule has 0 aliphatic rings. The zero-order valence-electron chi connectivity index (χ0n) is 2.16. The largest absolute Gasteiger partial charge is 0.412 e. The van der Waals surface area contributed by atoms with Crippen molar-refractivity contribution in [2.75, 3.05) is 0 Å². The Morgan fingerprint density at radius 1 is 1.75 bits per heavy atom. The molecule has 0 unspecified atom stereocenters. The van der Waals surface area contributed by atoms with Gasteiger partial charge in [-0.05, 0) is 4.99 Å². The highest BCUT2D eigenvalue weighted by molar-refractivity contribution is 9.11. The summed E-state index contributed by atoms with van der Waals surface area (Å²) in [6, 6.07) is 0. The maximum Gasteiger partial charge on any atom is -0.0261 e. The molecule has 0 bridgehead atoms. The fourth-order valence-corrected chi connectivity index (χ4v) is 0. The maximum atomic E-state index is 3.28. The van der Waals surface area contributed by atoms with Crippen LogP contribution in [0.4, 0.5) is 0 Å². The minimum absolute atomic E-state index is 0. The smallest absolute Gasteiger partial charge is 0.0261 e. The van der Waals surface area contributed by atoms with Crippen molar-refractivity contribution in [3.63, 3.8) is 0 Å². The first-order chi connectivity index (χ1) is 1.41. The van der Waals surface area contributed by atoms with Crippen molar-refractivity contribution in [3.05, 3.63) is 11.6 Å². The Labute approximate surface area is 33.8 Å². The van der Waals surface area contributed by atoms with E-state index < -0.39 is 0 Å². The molecule has 0 radical (unpaired) electrons. The molecule has 0 fully saturated rings. The van der Waals surface area contributed by atoms with Crippen LogP contribution in [-0.4, -0.2) is 5.48 Å². The number of hydrogen-bond acceptors (Lipinski definition) is 0. The maximum absolute atomic E-state index is 3.28. The van der Waals surface area contributed by atoms with E-state index in [2.05, 4.69) is 22.5 Å². The lowest BCUT2D eigenvalue weighted by Gasteiger charge is -1.27. The lowest BCUT2D eigenvalue weighted by Crippen LogP contribution is -0.895. The van der Waals surface area contributed by atoms with Crippen molar-refractivity contribution in [3.8, 4) is 0 Å². The predicted molar refractivity (Wildman–Crippen MR) is 22.7 cm³/mol. The Hall–Kier alpha value is 0.180. The summed E-state index contributed by atoms with van der Waals surface area (Å²) in [7, 11) is 0. The van der Waals surface area contributed by atoms with Crippen molar-refractivity contribution in [1.82, 2.24) is 0 Å². The Kier molecular flexibility index (Phi) is 24.1. The van der Waals surface area contributed by atoms with Gasteiger partial charge < -0.3 is 5.48 Å². The Morgan fingerprint density at radius 3 is 1.75 bits per heavy atom. The molecule has 0 saturated carbocycles. The van der Waals surface area contributed by atoms with Crippen LogP contribution in [0.2, 0.25) is 0 Å². The molecule has 0 rings (SSSR count). The number of halogens is 1. The van der Waals surface area contributed by atoms with E-state index in [0.29, 0.717) is 0 Å². The molecular weight excluding hydrogens is 120 g/mol. The minimum Gasteiger partial charge on any atom is -0.412 e. The van der Waals surface area contributed by atoms with Gasteiger partial charge in [-0.2, -0.15) is 0 Å². The highest BCUT2D eigenvalue weighted by Crippen LogP contribution is 1.68. The summed E-state index contributed by atoms with van der Waals surface area (Å²) in [5.41, 5.74) is 0. The SMILES string of the molecule is C=CBr.O. The topological polar surface area (TPSA) is 31.5 Å². The summed E-state index contributed by atoms with van der Waals surface area (Å²) >= 11 is 2.91. The molecule has 0 aromatic heterocycles. The first-order valence-electron chi connectivity index (χ1n) is 0.626. The van der Waals surface area contributed by atoms with Crippen LogP contribution in [0.25, 0.3) is 0 Å². The average molecular weight is 125 g/mol. The van der Waals surface area contributed by atoms with Gasteiger partial charge in [0.25, 0.3) is 0 Å². The van der Waals surface area contributed by atoms with Crippen molar-refractivity contribution in [2.24, 2.45) is 0 Å². The Bertz CT molecular complexity index is 13.5. The van der Waals surface area contributed by atoms with E-state index in [1.165, 1.54) is 0 Å². The third-order valence-electron chi connectivity index (χ3n) is 0. The van der Waals surface area contributed by atoms with Gasteiger partial charge in [0, 0.05) is 0 Å². The molecule has 26 valence electrons. The summed E-state index contributed by atoms with van der Waals surface area (Å²) in [6.45, 7) is 3.28. The molecule has 2 heteroatoms. The molecule has 0 atom stereocenters. The first kappa shape index (κ1) is 8.89. The fourth-order valence-electron chi connectivity index (χ4n) is 0. The van der Waals surface area contributed by atoms with E-state index in [1.54, 1.807) is 4.99 Å². The molecule has 0 aliphatic heterocycles. The van der Waals surface area contributed by atoms with Crippen molar-refractivity contribution in [1.29, 1.82) is 0 Å². The number of rotatable bonds is 0. The van der Waals surface area contributed by atoms with Gasteiger partial charge in [0.15, 0.2) is 0 Å². The molecule has 0 saturated heterocycles. The quantitative estimate of drug-likeness (QED) is 0.456. The van der Waals surface area contributed by atoms with Gasteiger partial charge in [0.2, 0.25) is 0 Å². The van der Waals surface area contributed by atoms with Crippen molar-refractivity contribution in [2.45, 2.75) is 0 Å². The Morgan fingerprint density at radius 2 is 1.75 bits per heavy atom. The van der Waals surface area contributed by atoms with Crippen LogP contribution in [-0.2, 0) is 0 Å². The second kappa shape index (κ2) is 10.9. The van der Waals surface area contributed by atoms with Gasteiger partial charge in [-0.25, -0.2) is 0 Å². The molecular formula is C2H5BrO. The van der Waals surface area contributed by atoms with Crippen LogP contribution in [0.1, 0.15) is 0 Å². The second-order valence-electron chi connectivity index (χ2n) is 0.154. The standard InChI is InChI=1S/C2H3Br.H2O/c1-2-3;/h2H,1H2;1H2. The molecule has 0 spiro atoms. The molecule has 2 N–H and O–H groups in total. The zero-order chi connectivity index (χ0) is 2.71. The fraction of sp³-hybridized carbons (Fsp3) is 0. The zero-order valence-corrected chi connectivity index (χ0v) is 3.75. The normalized spacial score (nSPS) is 3.25. The number of hydrogen-bond donors (Lipinski definition) is 0. The van der Waals surface area contributed by atoms with Gasteiger partial charge in [0.1, 0.15) is 0 Å². The van der Waals surface area contributed by atoms with Crippen LogP contribution in [0.5, 0.6) is 0 Å². The molecule has 0 amide bonds. The third-order valence-corrected chi connectivity index (χ3v) is 0. The van der Waals surface area contributed by atoms with Crippen molar-refractivity contribution >= 4 is 15.9 Å². The monoisotopic (exact) mass is 124 g/mol. The van der Waals surface area contributed by atoms with Gasteiger partial charge in [-0.15, -0.1) is 0 Å². The summed E-state index contributed by atoms with van der Waals surface area (Å²) in [4.78, 5) is 1.56. The molecule has 0 heterocycles. The van der Waals surface area contributed by atoms with E-state index in [1.807, 2.05) is 0 Å². The first-order valence-corrected chi connectivity index (χ1v) is 1.54. The van der Waals surface area contributed by atoms with E-state index in [-0.39, 0.29) is 5.48 Å². The minimum atomic E-state index is 0. The summed E-state index contributed by atoms with van der Waals surface area (Å²) < 4.78 is 0. The van der Waals surface area contributed by atoms with Gasteiger partial charge in [-0.1, -0.05) is 22.5 Å². The van der Waals surface area contributed by atoms with Crippen LogP contribution in [0.15, 0.2) is 11.6 Å². The van der Waals surface area contributed by atoms with Gasteiger partial charge in [0.05, 0.1) is 0 Å². The van der Waals surface area contributed by atoms with E-state index in [4.69, 9.17) is 0 Å². The van der Waals surface area contributed by atoms with Crippen molar-refractivity contribution < 1.29 is 5.48 Å². The van der Waals surface area contributed by atoms with Gasteiger partial charge in [-0.3, -0.25) is 0 Å². The third kappa shape index (κ3) is 93.7. The van der Waals surface area contributed by atoms with Gasteiger partial charge >= 0.3 is 0 Å². The molecule has 0 aliphatic carbocycles. The van der Waals surface area contributed by atoms with Crippen LogP contribution in [0, 0.1) is 0 Å². The summed E-state index contributed by atoms with van der Waals surface area (Å²) in [5.74, 6) is 0. The highest BCUT2D eigenvalue weighted by Gasteiger charge is 1.18.